The first-order chi connectivity index (χ1) is 19.1. The molecule has 0 heterocycles. The third kappa shape index (κ3) is 7.99. The Labute approximate surface area is 241 Å². The summed E-state index contributed by atoms with van der Waals surface area (Å²) < 4.78 is 34.2. The van der Waals surface area contributed by atoms with E-state index in [9.17, 15) is 18.0 Å². The predicted octanol–water partition coefficient (Wildman–Crippen LogP) is 5.27. The average molecular weight is 586 g/mol. The number of carbonyl (C=O) groups is 2. The van der Waals surface area contributed by atoms with E-state index in [-0.39, 0.29) is 23.4 Å². The molecule has 2 amide bonds. The van der Waals surface area contributed by atoms with Gasteiger partial charge in [0.1, 0.15) is 18.3 Å². The van der Waals surface area contributed by atoms with Gasteiger partial charge in [-0.25, -0.2) is 8.42 Å². The van der Waals surface area contributed by atoms with Crippen LogP contribution in [0.3, 0.4) is 0 Å². The van der Waals surface area contributed by atoms with E-state index in [4.69, 9.17) is 16.3 Å². The lowest BCUT2D eigenvalue weighted by molar-refractivity contribution is -0.139. The number of ether oxygens (including phenoxy) is 1. The van der Waals surface area contributed by atoms with E-state index in [0.29, 0.717) is 28.6 Å². The van der Waals surface area contributed by atoms with Crippen LogP contribution in [0, 0.1) is 0 Å². The minimum absolute atomic E-state index is 0.0423. The lowest BCUT2D eigenvalue weighted by Crippen LogP contribution is -2.52. The summed E-state index contributed by atoms with van der Waals surface area (Å²) in [4.78, 5) is 28.5. The fraction of sp³-hybridized carbons (Fsp3) is 0.333. The lowest BCUT2D eigenvalue weighted by Gasteiger charge is -2.32. The number of sulfonamides is 1. The molecule has 2 atom stereocenters. The summed E-state index contributed by atoms with van der Waals surface area (Å²) >= 11 is 6.18. The number of nitrogens with zero attached hydrogens (tertiary/aromatic N) is 2. The van der Waals surface area contributed by atoms with Gasteiger partial charge in [0.05, 0.1) is 17.2 Å². The molecule has 1 N–H and O–H groups in total. The van der Waals surface area contributed by atoms with Crippen molar-refractivity contribution in [1.82, 2.24) is 10.2 Å². The Morgan fingerprint density at radius 2 is 1.62 bits per heavy atom. The number of carbonyl (C=O) groups excluding carboxylic acids is 2. The molecule has 40 heavy (non-hydrogen) atoms. The Bertz CT molecular complexity index is 1380. The molecule has 0 aromatic heterocycles. The maximum Gasteiger partial charge on any atom is 0.264 e. The van der Waals surface area contributed by atoms with Gasteiger partial charge in [-0.3, -0.25) is 13.9 Å². The van der Waals surface area contributed by atoms with E-state index in [0.717, 1.165) is 10.7 Å². The third-order valence-corrected chi connectivity index (χ3v) is 8.48. The summed E-state index contributed by atoms with van der Waals surface area (Å²) in [5, 5.41) is 3.41. The maximum absolute atomic E-state index is 13.9. The summed E-state index contributed by atoms with van der Waals surface area (Å²) in [7, 11) is -4.13. The van der Waals surface area contributed by atoms with Crippen molar-refractivity contribution in [1.29, 1.82) is 0 Å². The minimum Gasteiger partial charge on any atom is -0.494 e. The van der Waals surface area contributed by atoms with E-state index in [1.165, 1.54) is 17.0 Å². The normalized spacial score (nSPS) is 12.7. The Balaban J connectivity index is 2.01. The van der Waals surface area contributed by atoms with Crippen molar-refractivity contribution in [3.05, 3.63) is 89.4 Å². The maximum atomic E-state index is 13.9. The number of nitrogens with one attached hydrogen (secondary N) is 1. The molecule has 10 heteroatoms. The van der Waals surface area contributed by atoms with Crippen molar-refractivity contribution < 1.29 is 22.7 Å². The van der Waals surface area contributed by atoms with Crippen LogP contribution in [0.25, 0.3) is 0 Å². The number of rotatable bonds is 13. The fourth-order valence-corrected chi connectivity index (χ4v) is 5.65. The molecule has 8 nitrogen and oxygen atoms in total. The quantitative estimate of drug-likeness (QED) is 0.295. The molecule has 0 aliphatic heterocycles. The van der Waals surface area contributed by atoms with Crippen LogP contribution in [0.1, 0.15) is 39.7 Å². The van der Waals surface area contributed by atoms with Gasteiger partial charge >= 0.3 is 0 Å². The second kappa shape index (κ2) is 14.2. The van der Waals surface area contributed by atoms with Crippen molar-refractivity contribution in [3.63, 3.8) is 0 Å². The van der Waals surface area contributed by atoms with E-state index >= 15 is 0 Å². The highest BCUT2D eigenvalue weighted by molar-refractivity contribution is 7.92. The SMILES string of the molecule is CCOc1ccc(N(CC(=O)N(Cc2cccc(Cl)c2)[C@@H](C)C(=O)N[C@H](C)CC)S(=O)(=O)c2ccccc2)cc1. The van der Waals surface area contributed by atoms with Crippen molar-refractivity contribution >= 4 is 39.1 Å². The molecular weight excluding hydrogens is 550 g/mol. The number of halogens is 1. The standard InChI is InChI=1S/C30H36ClN3O5S/c1-5-22(3)32-30(36)23(4)33(20-24-11-10-12-25(31)19-24)29(35)21-34(26-15-17-27(18-16-26)39-6-2)40(37,38)28-13-8-7-9-14-28/h7-19,22-23H,5-6,20-21H2,1-4H3,(H,32,36)/t22-,23+/m1/s1. The van der Waals surface area contributed by atoms with Crippen molar-refractivity contribution in [3.8, 4) is 5.75 Å². The predicted molar refractivity (Wildman–Crippen MR) is 158 cm³/mol. The first kappa shape index (κ1) is 31.0. The molecule has 0 spiro atoms. The van der Waals surface area contributed by atoms with Crippen LogP contribution < -0.4 is 14.4 Å². The first-order valence-corrected chi connectivity index (χ1v) is 15.0. The highest BCUT2D eigenvalue weighted by atomic mass is 35.5. The molecule has 0 aliphatic carbocycles. The Morgan fingerprint density at radius 1 is 0.950 bits per heavy atom. The Hall–Kier alpha value is -3.56. The zero-order valence-electron chi connectivity index (χ0n) is 23.2. The molecule has 0 aliphatic rings. The molecule has 0 bridgehead atoms. The van der Waals surface area contributed by atoms with Gasteiger partial charge in [-0.15, -0.1) is 0 Å². The highest BCUT2D eigenvalue weighted by Gasteiger charge is 2.32. The average Bonchev–Trinajstić information content (AvgIpc) is 2.95. The van der Waals surface area contributed by atoms with Gasteiger partial charge in [-0.2, -0.15) is 0 Å². The van der Waals surface area contributed by atoms with Crippen LogP contribution in [0.5, 0.6) is 5.75 Å². The molecule has 3 aromatic carbocycles. The van der Waals surface area contributed by atoms with Crippen LogP contribution in [0.4, 0.5) is 5.69 Å². The van der Waals surface area contributed by atoms with E-state index in [2.05, 4.69) is 5.32 Å². The summed E-state index contributed by atoms with van der Waals surface area (Å²) in [5.41, 5.74) is 1.00. The molecule has 3 rings (SSSR count). The number of anilines is 1. The molecule has 3 aromatic rings. The number of hydrogen-bond acceptors (Lipinski definition) is 5. The van der Waals surface area contributed by atoms with Gasteiger partial charge in [0, 0.05) is 17.6 Å². The second-order valence-corrected chi connectivity index (χ2v) is 11.7. The van der Waals surface area contributed by atoms with Crippen molar-refractivity contribution in [2.75, 3.05) is 17.5 Å². The Kier molecular flexibility index (Phi) is 11.0. The number of benzene rings is 3. The topological polar surface area (TPSA) is 96.0 Å². The zero-order chi connectivity index (χ0) is 29.3. The van der Waals surface area contributed by atoms with Crippen LogP contribution in [0.2, 0.25) is 5.02 Å². The largest absolute Gasteiger partial charge is 0.494 e. The summed E-state index contributed by atoms with van der Waals surface area (Å²) in [6.45, 7) is 7.32. The Morgan fingerprint density at radius 3 is 2.23 bits per heavy atom. The third-order valence-electron chi connectivity index (χ3n) is 6.46. The monoisotopic (exact) mass is 585 g/mol. The molecule has 0 unspecified atom stereocenters. The van der Waals surface area contributed by atoms with Gasteiger partial charge in [0.2, 0.25) is 11.8 Å². The molecule has 214 valence electrons. The van der Waals surface area contributed by atoms with Crippen LogP contribution in [-0.2, 0) is 26.2 Å². The molecule has 0 saturated heterocycles. The van der Waals surface area contributed by atoms with E-state index in [1.807, 2.05) is 20.8 Å². The number of hydrogen-bond donors (Lipinski definition) is 1. The molecule has 0 fully saturated rings. The summed E-state index contributed by atoms with van der Waals surface area (Å²) in [6, 6.07) is 20.5. The smallest absolute Gasteiger partial charge is 0.264 e. The second-order valence-electron chi connectivity index (χ2n) is 9.40. The van der Waals surface area contributed by atoms with Crippen LogP contribution >= 0.6 is 11.6 Å². The highest BCUT2D eigenvalue weighted by Crippen LogP contribution is 2.27. The fourth-order valence-electron chi connectivity index (χ4n) is 4.00. The van der Waals surface area contributed by atoms with Crippen molar-refractivity contribution in [2.45, 2.75) is 57.6 Å². The molecular formula is C30H36ClN3O5S. The molecule has 0 saturated carbocycles. The van der Waals surface area contributed by atoms with E-state index < -0.39 is 28.5 Å². The van der Waals surface area contributed by atoms with Gasteiger partial charge < -0.3 is 15.0 Å². The van der Waals surface area contributed by atoms with E-state index in [1.54, 1.807) is 73.7 Å². The summed E-state index contributed by atoms with van der Waals surface area (Å²) in [6.07, 6.45) is 0.724. The summed E-state index contributed by atoms with van der Waals surface area (Å²) in [5.74, 6) is -0.295. The molecule has 0 radical (unpaired) electrons. The number of amides is 2. The van der Waals surface area contributed by atoms with Gasteiger partial charge in [-0.1, -0.05) is 48.9 Å². The van der Waals surface area contributed by atoms with Crippen LogP contribution in [-0.4, -0.2) is 50.4 Å². The lowest BCUT2D eigenvalue weighted by atomic mass is 10.1. The van der Waals surface area contributed by atoms with Gasteiger partial charge in [0.15, 0.2) is 0 Å². The van der Waals surface area contributed by atoms with Crippen molar-refractivity contribution in [2.24, 2.45) is 0 Å². The van der Waals surface area contributed by atoms with Crippen LogP contribution in [0.15, 0.2) is 83.8 Å². The van der Waals surface area contributed by atoms with Gasteiger partial charge in [0.25, 0.3) is 10.0 Å². The minimum atomic E-state index is -4.13. The first-order valence-electron chi connectivity index (χ1n) is 13.2. The van der Waals surface area contributed by atoms with Gasteiger partial charge in [-0.05, 0) is 81.3 Å². The zero-order valence-corrected chi connectivity index (χ0v) is 24.8.